The summed E-state index contributed by atoms with van der Waals surface area (Å²) in [5, 5.41) is 10.2. The quantitative estimate of drug-likeness (QED) is 0.162. The summed E-state index contributed by atoms with van der Waals surface area (Å²) in [5.74, 6) is 0. The highest BCUT2D eigenvalue weighted by molar-refractivity contribution is 6.25. The van der Waals surface area contributed by atoms with Gasteiger partial charge < -0.3 is 9.47 Å². The van der Waals surface area contributed by atoms with Gasteiger partial charge in [-0.3, -0.25) is 0 Å². The van der Waals surface area contributed by atoms with Gasteiger partial charge in [0.15, 0.2) is 0 Å². The molecule has 0 saturated heterocycles. The Morgan fingerprint density at radius 1 is 0.436 bits per heavy atom. The number of hydrogen-bond acceptors (Lipinski definition) is 1. The van der Waals surface area contributed by atoms with E-state index in [1.807, 2.05) is 12.2 Å². The van der Waals surface area contributed by atoms with E-state index in [0.29, 0.717) is 0 Å². The minimum Gasteiger partial charge on any atom is -0.311 e. The minimum absolute atomic E-state index is 0.832. The second-order valence-electron chi connectivity index (χ2n) is 14.2. The molecule has 0 N–H and O–H groups in total. The Morgan fingerprint density at radius 3 is 1.78 bits per heavy atom. The van der Waals surface area contributed by atoms with E-state index in [9.17, 15) is 0 Å². The van der Waals surface area contributed by atoms with Crippen molar-refractivity contribution in [2.75, 3.05) is 4.90 Å². The van der Waals surface area contributed by atoms with Gasteiger partial charge in [0.05, 0.1) is 11.0 Å². The summed E-state index contributed by atoms with van der Waals surface area (Å²) in [6, 6.07) is 59.8. The normalized spacial score (nSPS) is 16.0. The van der Waals surface area contributed by atoms with E-state index in [1.54, 1.807) is 0 Å². The Labute approximate surface area is 321 Å². The zero-order valence-electron chi connectivity index (χ0n) is 30.4. The predicted octanol–water partition coefficient (Wildman–Crippen LogP) is 14.6. The largest absolute Gasteiger partial charge is 0.311 e. The van der Waals surface area contributed by atoms with Crippen LogP contribution >= 0.6 is 0 Å². The van der Waals surface area contributed by atoms with Crippen molar-refractivity contribution < 1.29 is 0 Å². The molecule has 10 rings (SSSR count). The first-order chi connectivity index (χ1) is 27.2. The molecule has 1 aromatic heterocycles. The molecule has 1 aliphatic rings. The van der Waals surface area contributed by atoms with Crippen molar-refractivity contribution in [2.45, 2.75) is 6.42 Å². The van der Waals surface area contributed by atoms with Crippen LogP contribution in [-0.4, -0.2) is 4.57 Å². The predicted molar refractivity (Wildman–Crippen MR) is 237 cm³/mol. The number of nitrogens with zero attached hydrogens (tertiary/aromatic N) is 2. The van der Waals surface area contributed by atoms with Crippen LogP contribution in [0.4, 0.5) is 11.4 Å². The van der Waals surface area contributed by atoms with Crippen LogP contribution in [0.5, 0.6) is 0 Å². The lowest BCUT2D eigenvalue weighted by atomic mass is 9.94. The van der Waals surface area contributed by atoms with Gasteiger partial charge in [0.25, 0.3) is 0 Å². The zero-order chi connectivity index (χ0) is 36.7. The van der Waals surface area contributed by atoms with E-state index >= 15 is 0 Å². The van der Waals surface area contributed by atoms with Gasteiger partial charge in [-0.1, -0.05) is 152 Å². The summed E-state index contributed by atoms with van der Waals surface area (Å²) in [6.07, 6.45) is 15.7. The van der Waals surface area contributed by atoms with Crippen LogP contribution in [0.25, 0.3) is 70.9 Å². The van der Waals surface area contributed by atoms with Gasteiger partial charge in [-0.05, 0) is 116 Å². The molecule has 0 bridgehead atoms. The van der Waals surface area contributed by atoms with Gasteiger partial charge >= 0.3 is 0 Å². The molecule has 55 heavy (non-hydrogen) atoms. The fourth-order valence-corrected chi connectivity index (χ4v) is 8.30. The van der Waals surface area contributed by atoms with Crippen molar-refractivity contribution in [3.8, 4) is 16.8 Å². The molecule has 2 heteroatoms. The summed E-state index contributed by atoms with van der Waals surface area (Å²) in [6.45, 7) is 4.21. The topological polar surface area (TPSA) is 8.17 Å². The molecule has 0 spiro atoms. The highest BCUT2D eigenvalue weighted by atomic mass is 15.1. The van der Waals surface area contributed by atoms with Crippen LogP contribution < -0.4 is 4.90 Å². The Bertz CT molecular complexity index is 3030. The molecule has 9 aromatic rings. The van der Waals surface area contributed by atoms with Crippen LogP contribution in [-0.2, 0) is 0 Å². The van der Waals surface area contributed by atoms with E-state index in [-0.39, 0.29) is 0 Å². The van der Waals surface area contributed by atoms with Crippen LogP contribution in [0.2, 0.25) is 0 Å². The van der Waals surface area contributed by atoms with Crippen LogP contribution in [0.3, 0.4) is 0 Å². The van der Waals surface area contributed by atoms with E-state index in [1.165, 1.54) is 65.3 Å². The molecular weight excluding hydrogens is 665 g/mol. The van der Waals surface area contributed by atoms with E-state index < -0.39 is 0 Å². The second-order valence-corrected chi connectivity index (χ2v) is 14.2. The molecule has 0 unspecified atom stereocenters. The van der Waals surface area contributed by atoms with Crippen molar-refractivity contribution in [1.82, 2.24) is 4.57 Å². The van der Waals surface area contributed by atoms with Crippen molar-refractivity contribution >= 4 is 65.5 Å². The van der Waals surface area contributed by atoms with Crippen molar-refractivity contribution in [3.05, 3.63) is 224 Å². The van der Waals surface area contributed by atoms with Crippen LogP contribution in [0.1, 0.15) is 6.42 Å². The molecule has 0 radical (unpaired) electrons. The van der Waals surface area contributed by atoms with E-state index in [2.05, 4.69) is 210 Å². The zero-order valence-corrected chi connectivity index (χ0v) is 30.4. The number of fused-ring (bicyclic) bond motifs is 9. The molecule has 2 nitrogen and oxygen atoms in total. The van der Waals surface area contributed by atoms with Crippen molar-refractivity contribution in [1.29, 1.82) is 0 Å². The maximum Gasteiger partial charge on any atom is 0.0541 e. The Hall–Kier alpha value is -7.16. The van der Waals surface area contributed by atoms with Gasteiger partial charge in [-0.25, -0.2) is 0 Å². The number of anilines is 2. The first-order valence-electron chi connectivity index (χ1n) is 18.9. The van der Waals surface area contributed by atoms with Gasteiger partial charge in [0.1, 0.15) is 0 Å². The molecule has 0 saturated carbocycles. The highest BCUT2D eigenvalue weighted by Gasteiger charge is 2.17. The molecule has 0 fully saturated rings. The monoisotopic (exact) mass is 702 g/mol. The molecule has 0 atom stereocenters. The summed E-state index contributed by atoms with van der Waals surface area (Å²) in [4.78, 5) is 2.32. The number of rotatable bonds is 5. The molecule has 8 aromatic carbocycles. The fourth-order valence-electron chi connectivity index (χ4n) is 8.30. The number of allylic oxidation sites excluding steroid dienone is 8. The van der Waals surface area contributed by atoms with Crippen molar-refractivity contribution in [3.63, 3.8) is 0 Å². The summed E-state index contributed by atoms with van der Waals surface area (Å²) < 4.78 is 2.43. The number of para-hydroxylation sites is 2. The maximum atomic E-state index is 4.21. The lowest BCUT2D eigenvalue weighted by Gasteiger charge is -2.27. The third-order valence-corrected chi connectivity index (χ3v) is 10.9. The standard InChI is InChI=1S/C53H38N2/c1-37-15-5-2-3-6-18-41(29-25-37)54(40-16-7-4-8-17-40)42-30-26-38(27-31-42)39-28-34-53-51(35-39)49-23-13-14-24-52(49)55(53)43-32-33-48-46-21-10-9-19-44(46)45-20-11-12-22-47(45)50(48)36-43/h2-5,7-36H,1,6H2/b3-2-,15-5-,29-25-,41-18+. The Kier molecular flexibility index (Phi) is 8.08. The molecule has 1 heterocycles. The third-order valence-electron chi connectivity index (χ3n) is 10.9. The smallest absolute Gasteiger partial charge is 0.0541 e. The second kappa shape index (κ2) is 13.7. The first-order valence-corrected chi connectivity index (χ1v) is 18.9. The van der Waals surface area contributed by atoms with Crippen LogP contribution in [0.15, 0.2) is 224 Å². The van der Waals surface area contributed by atoms with Crippen molar-refractivity contribution in [2.24, 2.45) is 0 Å². The molecule has 0 amide bonds. The average Bonchev–Trinajstić information content (AvgIpc) is 3.58. The Balaban J connectivity index is 1.07. The maximum absolute atomic E-state index is 4.21. The van der Waals surface area contributed by atoms with Gasteiger partial charge in [0.2, 0.25) is 0 Å². The molecule has 260 valence electrons. The third kappa shape index (κ3) is 5.76. The van der Waals surface area contributed by atoms with Crippen LogP contribution in [0, 0.1) is 0 Å². The van der Waals surface area contributed by atoms with E-state index in [4.69, 9.17) is 0 Å². The molecule has 0 aliphatic heterocycles. The highest BCUT2D eigenvalue weighted by Crippen LogP contribution is 2.40. The van der Waals surface area contributed by atoms with E-state index in [0.717, 1.165) is 34.8 Å². The SMILES string of the molecule is C=C1/C=C\C=C/C/C=C(N(c2ccccc2)c2ccc(-c3ccc4c(c3)c3ccccc3n4-c3ccc4c5ccccc5c5ccccc5c4c3)cc2)\C=C/1. The molecular formula is C53H38N2. The summed E-state index contributed by atoms with van der Waals surface area (Å²) in [7, 11) is 0. The lowest BCUT2D eigenvalue weighted by molar-refractivity contribution is 1.18. The van der Waals surface area contributed by atoms with Gasteiger partial charge in [0, 0.05) is 33.5 Å². The molecule has 1 aliphatic carbocycles. The number of hydrogen-bond donors (Lipinski definition) is 0. The Morgan fingerprint density at radius 2 is 1.04 bits per heavy atom. The summed E-state index contributed by atoms with van der Waals surface area (Å²) in [5.41, 5.74) is 10.2. The fraction of sp³-hybridized carbons (Fsp3) is 0.0189. The average molecular weight is 703 g/mol. The first kappa shape index (κ1) is 32.5. The van der Waals surface area contributed by atoms with Gasteiger partial charge in [-0.15, -0.1) is 0 Å². The number of benzene rings is 8. The summed E-state index contributed by atoms with van der Waals surface area (Å²) >= 11 is 0. The number of aromatic nitrogens is 1. The van der Waals surface area contributed by atoms with Gasteiger partial charge in [-0.2, -0.15) is 0 Å². The minimum atomic E-state index is 0.832. The lowest BCUT2D eigenvalue weighted by Crippen LogP contribution is -2.15.